The highest BCUT2D eigenvalue weighted by atomic mass is 14.4. The van der Waals surface area contributed by atoms with E-state index < -0.39 is 0 Å². The third-order valence-corrected chi connectivity index (χ3v) is 2.47. The van der Waals surface area contributed by atoms with E-state index >= 15 is 0 Å². The van der Waals surface area contributed by atoms with Crippen LogP contribution in [0.3, 0.4) is 0 Å². The fourth-order valence-corrected chi connectivity index (χ4v) is 1.25. The zero-order valence-corrected chi connectivity index (χ0v) is 7.47. The molecule has 0 saturated heterocycles. The van der Waals surface area contributed by atoms with Gasteiger partial charge in [-0.05, 0) is 31.1 Å². The molecule has 11 heavy (non-hydrogen) atoms. The first-order chi connectivity index (χ1) is 5.33. The molecule has 0 aromatic heterocycles. The van der Waals surface area contributed by atoms with E-state index in [9.17, 15) is 0 Å². The summed E-state index contributed by atoms with van der Waals surface area (Å²) in [5.74, 6) is 0. The molecule has 1 aliphatic carbocycles. The second-order valence-corrected chi connectivity index (χ2v) is 3.53. The molecule has 0 heteroatoms. The fraction of sp³-hybridized carbons (Fsp3) is 0.636. The first kappa shape index (κ1) is 8.58. The van der Waals surface area contributed by atoms with E-state index in [2.05, 4.69) is 31.7 Å². The summed E-state index contributed by atoms with van der Waals surface area (Å²) >= 11 is 0. The van der Waals surface area contributed by atoms with Crippen LogP contribution in [0.5, 0.6) is 0 Å². The van der Waals surface area contributed by atoms with Crippen molar-refractivity contribution in [1.29, 1.82) is 0 Å². The molecule has 0 atom stereocenters. The highest BCUT2D eigenvalue weighted by Crippen LogP contribution is 2.49. The van der Waals surface area contributed by atoms with Gasteiger partial charge in [-0.3, -0.25) is 0 Å². The van der Waals surface area contributed by atoms with E-state index in [4.69, 9.17) is 0 Å². The summed E-state index contributed by atoms with van der Waals surface area (Å²) in [4.78, 5) is 0. The van der Waals surface area contributed by atoms with Gasteiger partial charge in [0.2, 0.25) is 0 Å². The van der Waals surface area contributed by atoms with Crippen LogP contribution in [0.1, 0.15) is 39.0 Å². The second kappa shape index (κ2) is 3.75. The number of hydrogen-bond donors (Lipinski definition) is 0. The Labute approximate surface area is 70.0 Å². The first-order valence-corrected chi connectivity index (χ1v) is 4.61. The summed E-state index contributed by atoms with van der Waals surface area (Å²) in [5, 5.41) is 0. The van der Waals surface area contributed by atoms with E-state index in [0.29, 0.717) is 5.41 Å². The van der Waals surface area contributed by atoms with Crippen molar-refractivity contribution in [1.82, 2.24) is 0 Å². The molecule has 0 heterocycles. The number of hydrogen-bond acceptors (Lipinski definition) is 0. The summed E-state index contributed by atoms with van der Waals surface area (Å²) in [5.41, 5.74) is 0.518. The van der Waals surface area contributed by atoms with Crippen LogP contribution in [-0.2, 0) is 0 Å². The van der Waals surface area contributed by atoms with Gasteiger partial charge in [0.25, 0.3) is 0 Å². The summed E-state index contributed by atoms with van der Waals surface area (Å²) in [6, 6.07) is 0. The molecule has 0 aliphatic heterocycles. The van der Waals surface area contributed by atoms with E-state index in [0.717, 1.165) is 0 Å². The van der Waals surface area contributed by atoms with Gasteiger partial charge in [-0.25, -0.2) is 0 Å². The normalized spacial score (nSPS) is 20.5. The van der Waals surface area contributed by atoms with Crippen molar-refractivity contribution in [2.45, 2.75) is 39.0 Å². The zero-order chi connectivity index (χ0) is 8.16. The second-order valence-electron chi connectivity index (χ2n) is 3.53. The molecule has 0 amide bonds. The van der Waals surface area contributed by atoms with Gasteiger partial charge in [0, 0.05) is 0 Å². The number of allylic oxidation sites excluding steroid dienone is 3. The lowest BCUT2D eigenvalue weighted by atomic mass is 10.0. The molecule has 62 valence electrons. The van der Waals surface area contributed by atoms with Gasteiger partial charge < -0.3 is 0 Å². The van der Waals surface area contributed by atoms with Crippen LogP contribution >= 0.6 is 0 Å². The maximum absolute atomic E-state index is 3.86. The van der Waals surface area contributed by atoms with E-state index in [1.54, 1.807) is 0 Å². The quantitative estimate of drug-likeness (QED) is 0.524. The Bertz CT molecular complexity index is 149. The molecule has 0 spiro atoms. The van der Waals surface area contributed by atoms with Crippen molar-refractivity contribution >= 4 is 0 Å². The number of unbranched alkanes of at least 4 members (excludes halogenated alkanes) is 1. The molecule has 1 saturated carbocycles. The predicted molar refractivity (Wildman–Crippen MR) is 50.5 cm³/mol. The van der Waals surface area contributed by atoms with Gasteiger partial charge in [0.1, 0.15) is 0 Å². The molecule has 0 nitrogen and oxygen atoms in total. The van der Waals surface area contributed by atoms with Gasteiger partial charge in [0.05, 0.1) is 0 Å². The summed E-state index contributed by atoms with van der Waals surface area (Å²) in [6.45, 7) is 6.07. The van der Waals surface area contributed by atoms with Crippen molar-refractivity contribution in [3.8, 4) is 0 Å². The van der Waals surface area contributed by atoms with Crippen LogP contribution in [0, 0.1) is 5.41 Å². The fourth-order valence-electron chi connectivity index (χ4n) is 1.25. The van der Waals surface area contributed by atoms with Crippen LogP contribution in [0.15, 0.2) is 24.8 Å². The van der Waals surface area contributed by atoms with Crippen LogP contribution in [0.4, 0.5) is 0 Å². The third-order valence-electron chi connectivity index (χ3n) is 2.47. The Hall–Kier alpha value is -0.520. The SMILES string of the molecule is C=CC1(C/C=C/CCC)CC1. The van der Waals surface area contributed by atoms with Crippen molar-refractivity contribution in [2.24, 2.45) is 5.41 Å². The maximum atomic E-state index is 3.86. The van der Waals surface area contributed by atoms with Crippen molar-refractivity contribution in [2.75, 3.05) is 0 Å². The molecule has 0 radical (unpaired) electrons. The molecule has 0 N–H and O–H groups in total. The van der Waals surface area contributed by atoms with Crippen molar-refractivity contribution in [3.05, 3.63) is 24.8 Å². The first-order valence-electron chi connectivity index (χ1n) is 4.61. The maximum Gasteiger partial charge on any atom is -0.00858 e. The lowest BCUT2D eigenvalue weighted by Crippen LogP contribution is -1.90. The van der Waals surface area contributed by atoms with Crippen LogP contribution in [0.2, 0.25) is 0 Å². The zero-order valence-electron chi connectivity index (χ0n) is 7.47. The van der Waals surface area contributed by atoms with Crippen LogP contribution in [-0.4, -0.2) is 0 Å². The highest BCUT2D eigenvalue weighted by molar-refractivity contribution is 5.09. The minimum atomic E-state index is 0.518. The lowest BCUT2D eigenvalue weighted by molar-refractivity contribution is 0.666. The molecule has 0 aromatic carbocycles. The molecule has 0 unspecified atom stereocenters. The topological polar surface area (TPSA) is 0 Å². The van der Waals surface area contributed by atoms with Gasteiger partial charge in [-0.2, -0.15) is 0 Å². The van der Waals surface area contributed by atoms with Crippen molar-refractivity contribution < 1.29 is 0 Å². The van der Waals surface area contributed by atoms with E-state index in [1.165, 1.54) is 32.1 Å². The Morgan fingerprint density at radius 1 is 1.36 bits per heavy atom. The highest BCUT2D eigenvalue weighted by Gasteiger charge is 2.37. The van der Waals surface area contributed by atoms with Gasteiger partial charge in [-0.1, -0.05) is 31.6 Å². The summed E-state index contributed by atoms with van der Waals surface area (Å²) in [6.07, 6.45) is 13.2. The average molecular weight is 150 g/mol. The Morgan fingerprint density at radius 2 is 2.09 bits per heavy atom. The van der Waals surface area contributed by atoms with Crippen LogP contribution < -0.4 is 0 Å². The molecule has 1 aliphatic rings. The molecular formula is C11H18. The minimum absolute atomic E-state index is 0.518. The van der Waals surface area contributed by atoms with Crippen molar-refractivity contribution in [3.63, 3.8) is 0 Å². The van der Waals surface area contributed by atoms with Gasteiger partial charge >= 0.3 is 0 Å². The Balaban J connectivity index is 2.16. The minimum Gasteiger partial charge on any atom is -0.103 e. The third kappa shape index (κ3) is 2.53. The van der Waals surface area contributed by atoms with E-state index in [-0.39, 0.29) is 0 Å². The summed E-state index contributed by atoms with van der Waals surface area (Å²) < 4.78 is 0. The smallest absolute Gasteiger partial charge is 0.00858 e. The molecular weight excluding hydrogens is 132 g/mol. The van der Waals surface area contributed by atoms with Crippen LogP contribution in [0.25, 0.3) is 0 Å². The molecule has 1 fully saturated rings. The van der Waals surface area contributed by atoms with Gasteiger partial charge in [0.15, 0.2) is 0 Å². The predicted octanol–water partition coefficient (Wildman–Crippen LogP) is 3.70. The van der Waals surface area contributed by atoms with E-state index in [1.807, 2.05) is 0 Å². The Morgan fingerprint density at radius 3 is 2.55 bits per heavy atom. The molecule has 0 bridgehead atoms. The monoisotopic (exact) mass is 150 g/mol. The average Bonchev–Trinajstić information content (AvgIpc) is 2.80. The Kier molecular flexibility index (Phi) is 2.92. The summed E-state index contributed by atoms with van der Waals surface area (Å²) in [7, 11) is 0. The standard InChI is InChI=1S/C11H18/c1-3-5-6-7-8-11(4-2)9-10-11/h4,6-7H,2-3,5,8-10H2,1H3/b7-6+. The largest absolute Gasteiger partial charge is 0.103 e. The molecule has 0 aromatic rings. The lowest BCUT2D eigenvalue weighted by Gasteiger charge is -2.02. The van der Waals surface area contributed by atoms with Gasteiger partial charge in [-0.15, -0.1) is 6.58 Å². The number of rotatable bonds is 5. The molecule has 1 rings (SSSR count).